The third-order valence-electron chi connectivity index (χ3n) is 11.1. The second-order valence-electron chi connectivity index (χ2n) is 16.1. The molecule has 0 saturated heterocycles. The fourth-order valence-electron chi connectivity index (χ4n) is 8.43. The fourth-order valence-corrected chi connectivity index (χ4v) is 8.43. The van der Waals surface area contributed by atoms with E-state index in [4.69, 9.17) is 8.83 Å². The van der Waals surface area contributed by atoms with E-state index in [-0.39, 0.29) is 0 Å². The number of fused-ring (bicyclic) bond motifs is 7. The van der Waals surface area contributed by atoms with Gasteiger partial charge in [-0.25, -0.2) is 0 Å². The molecule has 0 radical (unpaired) electrons. The maximum Gasteiger partial charge on any atom is 0.137 e. The summed E-state index contributed by atoms with van der Waals surface area (Å²) in [4.78, 5) is 4.35. The predicted octanol–water partition coefficient (Wildman–Crippen LogP) is 14.0. The normalized spacial score (nSPS) is 12.3. The number of para-hydroxylation sites is 4. The summed E-state index contributed by atoms with van der Waals surface area (Å²) in [6, 6.07) is 57.7. The highest BCUT2D eigenvalue weighted by atomic mass is 16.3. The van der Waals surface area contributed by atoms with Gasteiger partial charge in [0.15, 0.2) is 0 Å². The molecule has 0 aliphatic rings. The van der Waals surface area contributed by atoms with E-state index in [2.05, 4.69) is 94.7 Å². The van der Waals surface area contributed by atoms with Gasteiger partial charge in [0.2, 0.25) is 0 Å². The lowest BCUT2D eigenvalue weighted by atomic mass is 9.95. The number of hydrogen-bond donors (Lipinski definition) is 2. The molecule has 0 fully saturated rings. The van der Waals surface area contributed by atoms with Crippen molar-refractivity contribution in [2.24, 2.45) is 0 Å². The molecule has 2 aromatic heterocycles. The van der Waals surface area contributed by atoms with Crippen LogP contribution in [0.25, 0.3) is 54.6 Å². The summed E-state index contributed by atoms with van der Waals surface area (Å²) in [5.41, 5.74) is 8.34. The van der Waals surface area contributed by atoms with Crippen LogP contribution in [0.4, 0.5) is 34.1 Å². The van der Waals surface area contributed by atoms with Gasteiger partial charge in [-0.05, 0) is 123 Å². The summed E-state index contributed by atoms with van der Waals surface area (Å²) in [7, 11) is 0. The van der Waals surface area contributed by atoms with E-state index in [0.717, 1.165) is 99.9 Å². The maximum atomic E-state index is 11.2. The van der Waals surface area contributed by atoms with Crippen molar-refractivity contribution >= 4 is 88.8 Å². The molecule has 0 atom stereocenters. The third kappa shape index (κ3) is 6.06. The van der Waals surface area contributed by atoms with Crippen molar-refractivity contribution in [1.82, 2.24) is 0 Å². The Morgan fingerprint density at radius 2 is 0.724 bits per heavy atom. The van der Waals surface area contributed by atoms with Gasteiger partial charge in [-0.2, -0.15) is 0 Å². The molecule has 0 unspecified atom stereocenters. The van der Waals surface area contributed by atoms with E-state index < -0.39 is 11.2 Å². The Morgan fingerprint density at radius 1 is 0.362 bits per heavy atom. The first-order chi connectivity index (χ1) is 28.0. The Balaban J connectivity index is 1.08. The number of rotatable bonds is 8. The van der Waals surface area contributed by atoms with Crippen molar-refractivity contribution in [3.8, 4) is 0 Å². The standard InChI is InChI=1S/C52H42N2O4/c1-51(2,55)43-19-11-13-21-45(43)53(35-15-7-5-8-16-35)37-23-25-39-41-27-33-30-48-42(28-34(33)29-47(41)57-49(39)31-37)40-26-24-38(32-50(40)58-48)54(36-17-9-6-10-18-36)46-22-14-12-20-44(46)52(3,4)56/h5-32,55-56H,1-4H3. The molecule has 6 nitrogen and oxygen atoms in total. The minimum Gasteiger partial charge on any atom is -0.456 e. The number of hydrogen-bond acceptors (Lipinski definition) is 6. The molecule has 0 bridgehead atoms. The third-order valence-corrected chi connectivity index (χ3v) is 11.1. The van der Waals surface area contributed by atoms with Gasteiger partial charge in [0.25, 0.3) is 0 Å². The van der Waals surface area contributed by atoms with Crippen molar-refractivity contribution in [3.05, 3.63) is 181 Å². The molecular weight excluding hydrogens is 717 g/mol. The molecule has 58 heavy (non-hydrogen) atoms. The Kier molecular flexibility index (Phi) is 8.20. The molecule has 10 aromatic rings. The number of aliphatic hydroxyl groups is 2. The first-order valence-electron chi connectivity index (χ1n) is 19.6. The summed E-state index contributed by atoms with van der Waals surface area (Å²) in [5.74, 6) is 0. The maximum absolute atomic E-state index is 11.2. The predicted molar refractivity (Wildman–Crippen MR) is 238 cm³/mol. The minimum absolute atomic E-state index is 0.778. The van der Waals surface area contributed by atoms with Crippen molar-refractivity contribution in [1.29, 1.82) is 0 Å². The molecule has 2 N–H and O–H groups in total. The topological polar surface area (TPSA) is 73.2 Å². The zero-order chi connectivity index (χ0) is 39.8. The number of furan rings is 2. The highest BCUT2D eigenvalue weighted by molar-refractivity contribution is 6.15. The zero-order valence-corrected chi connectivity index (χ0v) is 32.8. The SMILES string of the molecule is CC(C)(O)c1ccccc1N(c1ccccc1)c1ccc2c(c1)oc1cc3cc4c(cc3cc12)oc1cc(N(c2ccccc2)c2ccccc2C(C)(C)O)ccc14. The number of anilines is 6. The lowest BCUT2D eigenvalue weighted by Crippen LogP contribution is -2.21. The molecule has 6 heteroatoms. The van der Waals surface area contributed by atoms with Crippen LogP contribution in [0.15, 0.2) is 179 Å². The summed E-state index contributed by atoms with van der Waals surface area (Å²) < 4.78 is 13.3. The molecule has 0 amide bonds. The van der Waals surface area contributed by atoms with Gasteiger partial charge >= 0.3 is 0 Å². The van der Waals surface area contributed by atoms with E-state index in [1.54, 1.807) is 0 Å². The Bertz CT molecular complexity index is 2940. The van der Waals surface area contributed by atoms with Crippen molar-refractivity contribution < 1.29 is 19.0 Å². The van der Waals surface area contributed by atoms with Crippen LogP contribution in [-0.2, 0) is 11.2 Å². The van der Waals surface area contributed by atoms with Crippen LogP contribution >= 0.6 is 0 Å². The Labute approximate surface area is 336 Å². The van der Waals surface area contributed by atoms with Crippen molar-refractivity contribution in [2.45, 2.75) is 38.9 Å². The van der Waals surface area contributed by atoms with Gasteiger partial charge in [-0.1, -0.05) is 72.8 Å². The van der Waals surface area contributed by atoms with Gasteiger partial charge in [0, 0.05) is 67.6 Å². The zero-order valence-electron chi connectivity index (χ0n) is 32.8. The van der Waals surface area contributed by atoms with Gasteiger partial charge in [0.1, 0.15) is 22.3 Å². The minimum atomic E-state index is -1.05. The van der Waals surface area contributed by atoms with Crippen LogP contribution in [0.1, 0.15) is 38.8 Å². The molecule has 8 aromatic carbocycles. The molecular formula is C52H42N2O4. The average molecular weight is 759 g/mol. The number of benzene rings is 8. The van der Waals surface area contributed by atoms with Crippen LogP contribution in [0.2, 0.25) is 0 Å². The molecule has 0 spiro atoms. The summed E-state index contributed by atoms with van der Waals surface area (Å²) >= 11 is 0. The van der Waals surface area contributed by atoms with Crippen molar-refractivity contribution in [2.75, 3.05) is 9.80 Å². The lowest BCUT2D eigenvalue weighted by Gasteiger charge is -2.31. The summed E-state index contributed by atoms with van der Waals surface area (Å²) in [6.07, 6.45) is 0. The average Bonchev–Trinajstić information content (AvgIpc) is 3.76. The van der Waals surface area contributed by atoms with E-state index in [1.807, 2.05) is 113 Å². The summed E-state index contributed by atoms with van der Waals surface area (Å²) in [6.45, 7) is 7.27. The monoisotopic (exact) mass is 758 g/mol. The summed E-state index contributed by atoms with van der Waals surface area (Å²) in [5, 5.41) is 28.6. The van der Waals surface area contributed by atoms with E-state index in [1.165, 1.54) is 0 Å². The van der Waals surface area contributed by atoms with Gasteiger partial charge in [0.05, 0.1) is 22.6 Å². The van der Waals surface area contributed by atoms with Crippen LogP contribution in [0.3, 0.4) is 0 Å². The van der Waals surface area contributed by atoms with Crippen LogP contribution in [-0.4, -0.2) is 10.2 Å². The second-order valence-corrected chi connectivity index (χ2v) is 16.1. The van der Waals surface area contributed by atoms with Gasteiger partial charge < -0.3 is 28.8 Å². The van der Waals surface area contributed by atoms with Crippen molar-refractivity contribution in [3.63, 3.8) is 0 Å². The van der Waals surface area contributed by atoms with E-state index in [0.29, 0.717) is 0 Å². The molecule has 0 saturated carbocycles. The second kappa shape index (κ2) is 13.4. The van der Waals surface area contributed by atoms with Gasteiger partial charge in [-0.3, -0.25) is 0 Å². The highest BCUT2D eigenvalue weighted by Crippen LogP contribution is 2.45. The quantitative estimate of drug-likeness (QED) is 0.161. The van der Waals surface area contributed by atoms with E-state index >= 15 is 0 Å². The lowest BCUT2D eigenvalue weighted by molar-refractivity contribution is 0.0786. The largest absolute Gasteiger partial charge is 0.456 e. The Morgan fingerprint density at radius 3 is 1.12 bits per heavy atom. The first kappa shape index (κ1) is 35.5. The van der Waals surface area contributed by atoms with Crippen LogP contribution in [0.5, 0.6) is 0 Å². The highest BCUT2D eigenvalue weighted by Gasteiger charge is 2.27. The smallest absolute Gasteiger partial charge is 0.137 e. The molecule has 284 valence electrons. The molecule has 0 aliphatic carbocycles. The van der Waals surface area contributed by atoms with Gasteiger partial charge in [-0.15, -0.1) is 0 Å². The molecule has 0 aliphatic heterocycles. The first-order valence-corrected chi connectivity index (χ1v) is 19.6. The Hall–Kier alpha value is -6.86. The van der Waals surface area contributed by atoms with Crippen LogP contribution in [0, 0.1) is 0 Å². The fraction of sp³-hybridized carbons (Fsp3) is 0.115. The van der Waals surface area contributed by atoms with Crippen LogP contribution < -0.4 is 9.80 Å². The molecule has 2 heterocycles. The number of nitrogens with zero attached hydrogens (tertiary/aromatic N) is 2. The molecule has 10 rings (SSSR count). The van der Waals surface area contributed by atoms with E-state index in [9.17, 15) is 10.2 Å².